The fourth-order valence-corrected chi connectivity index (χ4v) is 18.2. The molecule has 0 N–H and O–H groups in total. The summed E-state index contributed by atoms with van der Waals surface area (Å²) in [6.45, 7) is 0. The zero-order chi connectivity index (χ0) is 80.7. The average Bonchev–Trinajstić information content (AvgIpc) is 1.57. The van der Waals surface area contributed by atoms with Gasteiger partial charge in [-0.25, -0.2) is 19.9 Å². The van der Waals surface area contributed by atoms with Crippen LogP contribution < -0.4 is 0 Å². The molecule has 0 aliphatic rings. The minimum atomic E-state index is 0.461. The number of hydrogen-bond acceptors (Lipinski definition) is 12. The van der Waals surface area contributed by atoms with E-state index in [1.165, 1.54) is 76.2 Å². The van der Waals surface area contributed by atoms with E-state index in [0.29, 0.717) is 57.1 Å². The molecule has 0 aliphatic heterocycles. The summed E-state index contributed by atoms with van der Waals surface area (Å²) >= 11 is 0. The molecule has 18 nitrogen and oxygen atoms in total. The Morgan fingerprint density at radius 1 is 0.187 bits per heavy atom. The van der Waals surface area contributed by atoms with Gasteiger partial charge in [-0.3, -0.25) is 9.97 Å². The minimum Gasteiger partial charge on any atom is -0.434 e. The van der Waals surface area contributed by atoms with Crippen LogP contribution >= 0.6 is 0 Å². The van der Waals surface area contributed by atoms with Gasteiger partial charge in [-0.05, 0) is 218 Å². The van der Waals surface area contributed by atoms with Gasteiger partial charge in [0.2, 0.25) is 17.7 Å². The van der Waals surface area contributed by atoms with Crippen molar-refractivity contribution in [1.82, 2.24) is 72.3 Å². The third-order valence-corrected chi connectivity index (χ3v) is 23.6. The van der Waals surface area contributed by atoms with Crippen molar-refractivity contribution >= 4 is 165 Å². The molecule has 12 aromatic carbocycles. The summed E-state index contributed by atoms with van der Waals surface area (Å²) in [7, 11) is 0. The number of fused-ring (bicyclic) bond motifs is 21. The maximum atomic E-state index is 5.97. The molecule has 123 heavy (non-hydrogen) atoms. The zero-order valence-electron chi connectivity index (χ0n) is 65.3. The van der Waals surface area contributed by atoms with Crippen molar-refractivity contribution in [3.63, 3.8) is 0 Å². The first-order valence-corrected chi connectivity index (χ1v) is 40.6. The third kappa shape index (κ3) is 11.1. The molecule has 0 bridgehead atoms. The van der Waals surface area contributed by atoms with E-state index in [4.69, 9.17) is 28.2 Å². The average molecular weight is 1580 g/mol. The Balaban J connectivity index is 0.000000101. The SMILES string of the molecule is c1ccc(-n2c3cc4c5ncccc5n(-c5ccc(-c6nc7ncccc7o6)cc5)c4cc3c3ncccc32)cc1.c1ccc(-n2c3ccccc3c3cc4c(cc32)c2ccccc2n4-c2ccc(-c3nc4ncccc4o3)cc2)cc1.c1ccc(-n2c3ccccc3c3cc4c(cc32)c2ccccc2n4-c2ccc(-c3nc4ncccc4o3)nc2)cc1. The molecule has 27 rings (SSSR count). The van der Waals surface area contributed by atoms with Crippen LogP contribution in [-0.2, 0) is 0 Å². The van der Waals surface area contributed by atoms with E-state index in [-0.39, 0.29) is 0 Å². The predicted molar refractivity (Wildman–Crippen MR) is 491 cm³/mol. The number of para-hydroxylation sites is 7. The number of nitrogens with zero attached hydrogens (tertiary/aromatic N) is 15. The second kappa shape index (κ2) is 27.7. The second-order valence-electron chi connectivity index (χ2n) is 30.5. The van der Waals surface area contributed by atoms with Gasteiger partial charge in [0.15, 0.2) is 33.7 Å². The van der Waals surface area contributed by atoms with Crippen molar-refractivity contribution in [2.45, 2.75) is 0 Å². The molecule has 576 valence electrons. The molecular weight excluding hydrogens is 1520 g/mol. The molecular formula is C105H63N15O3. The highest BCUT2D eigenvalue weighted by Crippen LogP contribution is 2.45. The van der Waals surface area contributed by atoms with Crippen molar-refractivity contribution in [3.8, 4) is 68.6 Å². The Bertz CT molecular complexity index is 7960. The Labute approximate surface area is 697 Å². The van der Waals surface area contributed by atoms with Crippen molar-refractivity contribution in [2.75, 3.05) is 0 Å². The number of benzene rings is 12. The largest absolute Gasteiger partial charge is 0.434 e. The summed E-state index contributed by atoms with van der Waals surface area (Å²) in [6.07, 6.45) is 10.8. The zero-order valence-corrected chi connectivity index (χ0v) is 65.3. The van der Waals surface area contributed by atoms with Crippen LogP contribution in [-0.4, -0.2) is 72.3 Å². The molecule has 0 saturated heterocycles. The summed E-state index contributed by atoms with van der Waals surface area (Å²) in [5.74, 6) is 1.58. The number of rotatable bonds is 9. The Morgan fingerprint density at radius 2 is 0.463 bits per heavy atom. The summed E-state index contributed by atoms with van der Waals surface area (Å²) < 4.78 is 31.8. The van der Waals surface area contributed by atoms with Crippen LogP contribution in [0.4, 0.5) is 0 Å². The quantitative estimate of drug-likeness (QED) is 0.133. The van der Waals surface area contributed by atoms with Gasteiger partial charge in [0.05, 0.1) is 89.1 Å². The molecule has 0 unspecified atom stereocenters. The smallest absolute Gasteiger partial charge is 0.247 e. The molecule has 15 aromatic heterocycles. The van der Waals surface area contributed by atoms with Crippen LogP contribution in [0.3, 0.4) is 0 Å². The van der Waals surface area contributed by atoms with Gasteiger partial charge in [-0.2, -0.15) is 15.0 Å². The number of aromatic nitrogens is 15. The molecule has 0 fully saturated rings. The van der Waals surface area contributed by atoms with Gasteiger partial charge in [0.1, 0.15) is 5.69 Å². The Hall–Kier alpha value is -17.3. The first-order chi connectivity index (χ1) is 61.0. The molecule has 0 radical (unpaired) electrons. The van der Waals surface area contributed by atoms with E-state index >= 15 is 0 Å². The lowest BCUT2D eigenvalue weighted by Crippen LogP contribution is -1.96. The van der Waals surface area contributed by atoms with E-state index in [2.05, 4.69) is 330 Å². The number of hydrogen-bond donors (Lipinski definition) is 0. The van der Waals surface area contributed by atoms with E-state index in [1.54, 1.807) is 18.6 Å². The van der Waals surface area contributed by atoms with Crippen LogP contribution in [0.1, 0.15) is 0 Å². The molecule has 0 aliphatic carbocycles. The summed E-state index contributed by atoms with van der Waals surface area (Å²) in [6, 6.07) is 120. The van der Waals surface area contributed by atoms with E-state index in [9.17, 15) is 0 Å². The lowest BCUT2D eigenvalue weighted by Gasteiger charge is -2.09. The van der Waals surface area contributed by atoms with Crippen molar-refractivity contribution in [1.29, 1.82) is 0 Å². The van der Waals surface area contributed by atoms with Crippen LogP contribution in [0.25, 0.3) is 233 Å². The maximum Gasteiger partial charge on any atom is 0.247 e. The minimum absolute atomic E-state index is 0.461. The van der Waals surface area contributed by atoms with Gasteiger partial charge >= 0.3 is 0 Å². The second-order valence-corrected chi connectivity index (χ2v) is 30.5. The number of oxazole rings is 3. The van der Waals surface area contributed by atoms with E-state index in [1.807, 2.05) is 91.4 Å². The highest BCUT2D eigenvalue weighted by atomic mass is 16.4. The predicted octanol–water partition coefficient (Wildman–Crippen LogP) is 25.4. The molecule has 0 saturated carbocycles. The molecule has 0 atom stereocenters. The first-order valence-electron chi connectivity index (χ1n) is 40.6. The van der Waals surface area contributed by atoms with Gasteiger partial charge in [-0.1, -0.05) is 127 Å². The maximum absolute atomic E-state index is 5.97. The summed E-state index contributed by atoms with van der Waals surface area (Å²) in [4.78, 5) is 41.0. The van der Waals surface area contributed by atoms with Crippen LogP contribution in [0, 0.1) is 0 Å². The fraction of sp³-hybridized carbons (Fsp3) is 0. The van der Waals surface area contributed by atoms with E-state index in [0.717, 1.165) is 100 Å². The third-order valence-electron chi connectivity index (χ3n) is 23.6. The summed E-state index contributed by atoms with van der Waals surface area (Å²) in [5.41, 5.74) is 28.4. The molecule has 0 spiro atoms. The van der Waals surface area contributed by atoms with Crippen molar-refractivity contribution < 1.29 is 13.3 Å². The topological polar surface area (TPSA) is 185 Å². The van der Waals surface area contributed by atoms with Gasteiger partial charge in [0.25, 0.3) is 0 Å². The van der Waals surface area contributed by atoms with Crippen LogP contribution in [0.5, 0.6) is 0 Å². The monoisotopic (exact) mass is 1580 g/mol. The van der Waals surface area contributed by atoms with Gasteiger partial charge in [0, 0.05) is 124 Å². The van der Waals surface area contributed by atoms with Gasteiger partial charge in [-0.15, -0.1) is 0 Å². The first kappa shape index (κ1) is 68.9. The van der Waals surface area contributed by atoms with E-state index < -0.39 is 0 Å². The Morgan fingerprint density at radius 3 is 0.821 bits per heavy atom. The lowest BCUT2D eigenvalue weighted by molar-refractivity contribution is 0.616. The van der Waals surface area contributed by atoms with Crippen molar-refractivity contribution in [2.24, 2.45) is 0 Å². The standard InChI is InChI=1S/C36H22N4O.C35H21N5O.C34H20N6O/c1-2-9-24(10-3-1)39-30-13-6-4-11-26(30)28-22-33-29(21-32(28)39)27-12-5-7-14-31(27)40(33)25-18-16-23(17-19-25)36-38-35-34(41-36)15-8-20-37-35;1-2-9-22(10-3-1)39-29-13-6-4-11-24(29)26-20-32-27(19-31(26)39)25-12-5-7-14-30(25)40(32)23-16-17-28(37-21-23)35-38-34-33(41-35)15-8-18-36-34;1-2-7-22(8-3-1)39-26-9-4-16-35-31(26)24-20-29-25(19-28(24)39)32-27(10-5-17-36-32)40(29)23-14-12-21(13-15-23)34-38-33-30(41-34)11-6-18-37-33/h1-22H;1-21H;1-20H. The molecule has 18 heteroatoms. The Kier molecular flexibility index (Phi) is 15.5. The number of pyridine rings is 6. The molecule has 15 heterocycles. The van der Waals surface area contributed by atoms with Gasteiger partial charge < -0.3 is 40.7 Å². The molecule has 0 amide bonds. The highest BCUT2D eigenvalue weighted by Gasteiger charge is 2.25. The lowest BCUT2D eigenvalue weighted by atomic mass is 10.1. The highest BCUT2D eigenvalue weighted by molar-refractivity contribution is 6.22. The van der Waals surface area contributed by atoms with Crippen LogP contribution in [0.2, 0.25) is 0 Å². The normalized spacial score (nSPS) is 11.9. The van der Waals surface area contributed by atoms with Crippen molar-refractivity contribution in [3.05, 3.63) is 383 Å². The molecule has 27 aromatic rings. The fourth-order valence-electron chi connectivity index (χ4n) is 18.2. The summed E-state index contributed by atoms with van der Waals surface area (Å²) in [5, 5.41) is 11.9. The van der Waals surface area contributed by atoms with Crippen LogP contribution in [0.15, 0.2) is 396 Å².